The molecule has 1 aliphatic heterocycles. The molecule has 42 heavy (non-hydrogen) atoms. The van der Waals surface area contributed by atoms with Crippen molar-refractivity contribution in [2.45, 2.75) is 30.5 Å². The van der Waals surface area contributed by atoms with Gasteiger partial charge in [-0.25, -0.2) is 9.48 Å². The Hall–Kier alpha value is -3.73. The van der Waals surface area contributed by atoms with Crippen LogP contribution in [0.1, 0.15) is 29.7 Å². The maximum atomic E-state index is 13.3. The van der Waals surface area contributed by atoms with E-state index in [0.717, 1.165) is 21.2 Å². The zero-order chi connectivity index (χ0) is 29.6. The van der Waals surface area contributed by atoms with Gasteiger partial charge in [0.1, 0.15) is 19.3 Å². The number of esters is 1. The minimum absolute atomic E-state index is 0.0805. The van der Waals surface area contributed by atoms with E-state index in [1.807, 2.05) is 73.7 Å². The van der Waals surface area contributed by atoms with Crippen molar-refractivity contribution in [2.24, 2.45) is 0 Å². The van der Waals surface area contributed by atoms with Crippen LogP contribution in [0.15, 0.2) is 100 Å². The molecule has 0 bridgehead atoms. The van der Waals surface area contributed by atoms with E-state index in [9.17, 15) is 4.79 Å². The van der Waals surface area contributed by atoms with Crippen molar-refractivity contribution in [1.29, 1.82) is 0 Å². The van der Waals surface area contributed by atoms with E-state index in [0.29, 0.717) is 51.3 Å². The van der Waals surface area contributed by atoms with Crippen LogP contribution < -0.4 is 14.8 Å². The Balaban J connectivity index is 1.48. The van der Waals surface area contributed by atoms with Gasteiger partial charge < -0.3 is 19.5 Å². The van der Waals surface area contributed by atoms with E-state index in [1.165, 1.54) is 17.8 Å². The molecule has 1 N–H and O–H groups in total. The lowest BCUT2D eigenvalue weighted by molar-refractivity contribution is -0.138. The summed E-state index contributed by atoms with van der Waals surface area (Å²) in [6.45, 7) is 5.92. The standard InChI is InChI=1S/C31H28BrClN4O4S/c1-4-14-40-29(38)27-19(2)34-30-35-31(42-18-22-9-5-6-11-24(22)33)36-37(30)28(27)21-12-13-25(26(16-21)39-3)41-17-20-8-7-10-23(32)15-20/h4-13,15-16,28H,1,14,17-18H2,2-3H3,(H,34,35,36). The number of ether oxygens (including phenoxy) is 3. The van der Waals surface area contributed by atoms with Crippen molar-refractivity contribution >= 4 is 51.2 Å². The monoisotopic (exact) mass is 666 g/mol. The Bertz CT molecular complexity index is 1660. The first-order valence-electron chi connectivity index (χ1n) is 13.0. The Labute approximate surface area is 261 Å². The summed E-state index contributed by atoms with van der Waals surface area (Å²) < 4.78 is 20.0. The van der Waals surface area contributed by atoms with E-state index in [1.54, 1.807) is 11.8 Å². The van der Waals surface area contributed by atoms with Gasteiger partial charge in [0, 0.05) is 20.9 Å². The molecular weight excluding hydrogens is 640 g/mol. The molecule has 1 unspecified atom stereocenters. The van der Waals surface area contributed by atoms with Gasteiger partial charge in [0.05, 0.1) is 12.7 Å². The number of carbonyl (C=O) groups is 1. The van der Waals surface area contributed by atoms with Crippen LogP contribution in [-0.2, 0) is 21.9 Å². The molecule has 216 valence electrons. The molecule has 1 aliphatic rings. The molecule has 0 saturated carbocycles. The second-order valence-electron chi connectivity index (χ2n) is 9.32. The van der Waals surface area contributed by atoms with Gasteiger partial charge in [-0.3, -0.25) is 0 Å². The summed E-state index contributed by atoms with van der Waals surface area (Å²) >= 11 is 11.3. The van der Waals surface area contributed by atoms with Gasteiger partial charge in [0.25, 0.3) is 0 Å². The SMILES string of the molecule is C=CCOC(=O)C1=C(C)Nc2nc(SCc3ccccc3Cl)nn2C1c1ccc(OCc2cccc(Br)c2)c(OC)c1. The molecule has 0 fully saturated rings. The Morgan fingerprint density at radius 3 is 2.76 bits per heavy atom. The highest BCUT2D eigenvalue weighted by Gasteiger charge is 2.35. The third kappa shape index (κ3) is 6.67. The first kappa shape index (κ1) is 29.8. The minimum Gasteiger partial charge on any atom is -0.493 e. The molecule has 8 nitrogen and oxygen atoms in total. The molecule has 11 heteroatoms. The number of nitrogens with one attached hydrogen (secondary N) is 1. The van der Waals surface area contributed by atoms with E-state index in [-0.39, 0.29) is 6.61 Å². The molecule has 4 aromatic rings. The summed E-state index contributed by atoms with van der Waals surface area (Å²) in [5.41, 5.74) is 3.76. The first-order chi connectivity index (χ1) is 20.4. The number of anilines is 1. The van der Waals surface area contributed by atoms with Crippen molar-refractivity contribution < 1.29 is 19.0 Å². The molecule has 2 heterocycles. The molecule has 0 radical (unpaired) electrons. The Morgan fingerprint density at radius 1 is 1.17 bits per heavy atom. The zero-order valence-electron chi connectivity index (χ0n) is 23.0. The predicted molar refractivity (Wildman–Crippen MR) is 168 cm³/mol. The summed E-state index contributed by atoms with van der Waals surface area (Å²) in [6.07, 6.45) is 1.53. The van der Waals surface area contributed by atoms with Crippen molar-refractivity contribution in [2.75, 3.05) is 19.0 Å². The van der Waals surface area contributed by atoms with Crippen molar-refractivity contribution in [1.82, 2.24) is 14.8 Å². The maximum absolute atomic E-state index is 13.3. The molecule has 0 aliphatic carbocycles. The van der Waals surface area contributed by atoms with E-state index in [4.69, 9.17) is 35.9 Å². The average molecular weight is 668 g/mol. The lowest BCUT2D eigenvalue weighted by atomic mass is 9.95. The normalized spacial score (nSPS) is 14.1. The average Bonchev–Trinajstić information content (AvgIpc) is 3.40. The highest BCUT2D eigenvalue weighted by molar-refractivity contribution is 9.10. The summed E-state index contributed by atoms with van der Waals surface area (Å²) in [7, 11) is 1.58. The lowest BCUT2D eigenvalue weighted by Crippen LogP contribution is -2.29. The molecule has 0 saturated heterocycles. The minimum atomic E-state index is -0.631. The first-order valence-corrected chi connectivity index (χ1v) is 15.2. The van der Waals surface area contributed by atoms with Gasteiger partial charge in [-0.15, -0.1) is 5.10 Å². The highest BCUT2D eigenvalue weighted by atomic mass is 79.9. The topological polar surface area (TPSA) is 87.5 Å². The van der Waals surface area contributed by atoms with Crippen molar-refractivity contribution in [3.63, 3.8) is 0 Å². The number of carbonyl (C=O) groups excluding carboxylic acids is 1. The number of fused-ring (bicyclic) bond motifs is 1. The van der Waals surface area contributed by atoms with Gasteiger partial charge in [-0.2, -0.15) is 4.98 Å². The number of aromatic nitrogens is 3. The third-order valence-electron chi connectivity index (χ3n) is 6.49. The van der Waals surface area contributed by atoms with E-state index in [2.05, 4.69) is 27.8 Å². The zero-order valence-corrected chi connectivity index (χ0v) is 26.1. The summed E-state index contributed by atoms with van der Waals surface area (Å²) in [6, 6.07) is 20.5. The van der Waals surface area contributed by atoms with Crippen molar-refractivity contribution in [3.05, 3.63) is 117 Å². The molecule has 0 amide bonds. The number of benzene rings is 3. The number of methoxy groups -OCH3 is 1. The van der Waals surface area contributed by atoms with Crippen LogP contribution in [0.3, 0.4) is 0 Å². The summed E-state index contributed by atoms with van der Waals surface area (Å²) in [5.74, 6) is 1.71. The summed E-state index contributed by atoms with van der Waals surface area (Å²) in [4.78, 5) is 18.0. The Morgan fingerprint density at radius 2 is 2.00 bits per heavy atom. The molecule has 1 aromatic heterocycles. The largest absolute Gasteiger partial charge is 0.493 e. The van der Waals surface area contributed by atoms with E-state index >= 15 is 0 Å². The second kappa shape index (κ2) is 13.5. The smallest absolute Gasteiger partial charge is 0.338 e. The van der Waals surface area contributed by atoms with Crippen LogP contribution >= 0.6 is 39.3 Å². The van der Waals surface area contributed by atoms with Gasteiger partial charge in [-0.05, 0) is 53.9 Å². The summed E-state index contributed by atoms with van der Waals surface area (Å²) in [5, 5.41) is 9.23. The number of thioether (sulfide) groups is 1. The van der Waals surface area contributed by atoms with Gasteiger partial charge in [-0.1, -0.05) is 88.3 Å². The third-order valence-corrected chi connectivity index (χ3v) is 8.24. The van der Waals surface area contributed by atoms with Crippen LogP contribution in [0.25, 0.3) is 0 Å². The van der Waals surface area contributed by atoms with Gasteiger partial charge in [0.15, 0.2) is 11.5 Å². The number of nitrogens with zero attached hydrogens (tertiary/aromatic N) is 3. The maximum Gasteiger partial charge on any atom is 0.338 e. The van der Waals surface area contributed by atoms with Crippen LogP contribution in [0.4, 0.5) is 5.95 Å². The fourth-order valence-corrected chi connectivity index (χ4v) is 6.06. The van der Waals surface area contributed by atoms with Gasteiger partial charge >= 0.3 is 5.97 Å². The fraction of sp³-hybridized carbons (Fsp3) is 0.194. The van der Waals surface area contributed by atoms with Crippen LogP contribution in [0, 0.1) is 0 Å². The number of allylic oxidation sites excluding steroid dienone is 1. The van der Waals surface area contributed by atoms with Crippen molar-refractivity contribution in [3.8, 4) is 11.5 Å². The molecule has 1 atom stereocenters. The molecule has 3 aromatic carbocycles. The van der Waals surface area contributed by atoms with E-state index < -0.39 is 12.0 Å². The molecule has 5 rings (SSSR count). The number of rotatable bonds is 11. The number of halogens is 2. The highest BCUT2D eigenvalue weighted by Crippen LogP contribution is 2.40. The van der Waals surface area contributed by atoms with Crippen LogP contribution in [-0.4, -0.2) is 34.5 Å². The van der Waals surface area contributed by atoms with Crippen LogP contribution in [0.5, 0.6) is 11.5 Å². The second-order valence-corrected chi connectivity index (χ2v) is 11.6. The Kier molecular flexibility index (Phi) is 9.56. The molecule has 0 spiro atoms. The quantitative estimate of drug-likeness (QED) is 0.0995. The predicted octanol–water partition coefficient (Wildman–Crippen LogP) is 7.59. The number of hydrogen-bond acceptors (Lipinski definition) is 8. The molecular formula is C31H28BrClN4O4S. The fourth-order valence-electron chi connectivity index (χ4n) is 4.50. The van der Waals surface area contributed by atoms with Crippen LogP contribution in [0.2, 0.25) is 5.02 Å². The lowest BCUT2D eigenvalue weighted by Gasteiger charge is -2.28. The number of hydrogen-bond donors (Lipinski definition) is 1. The van der Waals surface area contributed by atoms with Gasteiger partial charge in [0.2, 0.25) is 11.1 Å².